The number of pyridine rings is 1. The molecule has 0 saturated heterocycles. The van der Waals surface area contributed by atoms with Crippen LogP contribution in [0.5, 0.6) is 0 Å². The normalized spacial score (nSPS) is 10.0. The highest BCUT2D eigenvalue weighted by Crippen LogP contribution is 2.06. The highest BCUT2D eigenvalue weighted by Gasteiger charge is 1.98. The van der Waals surface area contributed by atoms with E-state index < -0.39 is 0 Å². The van der Waals surface area contributed by atoms with Gasteiger partial charge in [-0.05, 0) is 18.1 Å². The number of aryl methyl sites for hydroxylation is 1. The average Bonchev–Trinajstić information content (AvgIpc) is 2.06. The van der Waals surface area contributed by atoms with Crippen molar-refractivity contribution in [3.8, 4) is 0 Å². The second-order valence-electron chi connectivity index (χ2n) is 2.56. The smallest absolute Gasteiger partial charge is 0.0571 e. The van der Waals surface area contributed by atoms with Crippen molar-refractivity contribution in [3.63, 3.8) is 0 Å². The predicted octanol–water partition coefficient (Wildman–Crippen LogP) is 1.49. The zero-order valence-corrected chi connectivity index (χ0v) is 6.88. The molecular formula is C9H14N2. The fraction of sp³-hybridized carbons (Fsp3) is 0.444. The van der Waals surface area contributed by atoms with Gasteiger partial charge in [-0.2, -0.15) is 0 Å². The van der Waals surface area contributed by atoms with Crippen LogP contribution in [0.15, 0.2) is 18.3 Å². The first-order valence-electron chi connectivity index (χ1n) is 4.01. The van der Waals surface area contributed by atoms with Gasteiger partial charge in [0.2, 0.25) is 0 Å². The van der Waals surface area contributed by atoms with Crippen molar-refractivity contribution in [2.75, 3.05) is 0 Å². The summed E-state index contributed by atoms with van der Waals surface area (Å²) in [5.41, 5.74) is 7.84. The molecule has 2 heteroatoms. The quantitative estimate of drug-likeness (QED) is 0.709. The molecule has 0 aromatic carbocycles. The van der Waals surface area contributed by atoms with Crippen LogP contribution in [0, 0.1) is 0 Å². The lowest BCUT2D eigenvalue weighted by Gasteiger charge is -2.03. The maximum absolute atomic E-state index is 5.52. The molecule has 0 aliphatic rings. The molecule has 0 amide bonds. The molecule has 0 aliphatic carbocycles. The van der Waals surface area contributed by atoms with Crippen LogP contribution in [-0.2, 0) is 13.0 Å². The average molecular weight is 150 g/mol. The molecule has 60 valence electrons. The Kier molecular flexibility index (Phi) is 3.05. The Labute approximate surface area is 67.5 Å². The first-order valence-corrected chi connectivity index (χ1v) is 4.01. The minimum absolute atomic E-state index is 0.552. The van der Waals surface area contributed by atoms with E-state index >= 15 is 0 Å². The second kappa shape index (κ2) is 4.09. The topological polar surface area (TPSA) is 38.9 Å². The van der Waals surface area contributed by atoms with Gasteiger partial charge in [-0.1, -0.05) is 19.4 Å². The Morgan fingerprint density at radius 3 is 3.00 bits per heavy atom. The van der Waals surface area contributed by atoms with Crippen molar-refractivity contribution in [1.29, 1.82) is 0 Å². The van der Waals surface area contributed by atoms with Gasteiger partial charge < -0.3 is 5.73 Å². The zero-order chi connectivity index (χ0) is 8.10. The summed E-state index contributed by atoms with van der Waals surface area (Å²) in [6, 6.07) is 4.06. The van der Waals surface area contributed by atoms with E-state index in [9.17, 15) is 0 Å². The van der Waals surface area contributed by atoms with Crippen LogP contribution in [0.2, 0.25) is 0 Å². The van der Waals surface area contributed by atoms with Crippen LogP contribution in [0.4, 0.5) is 0 Å². The molecule has 0 radical (unpaired) electrons. The van der Waals surface area contributed by atoms with Crippen LogP contribution in [0.25, 0.3) is 0 Å². The molecule has 0 unspecified atom stereocenters. The summed E-state index contributed by atoms with van der Waals surface area (Å²) < 4.78 is 0. The number of nitrogens with two attached hydrogens (primary N) is 1. The van der Waals surface area contributed by atoms with E-state index in [-0.39, 0.29) is 0 Å². The predicted molar refractivity (Wildman–Crippen MR) is 46.1 cm³/mol. The van der Waals surface area contributed by atoms with Gasteiger partial charge in [0.1, 0.15) is 0 Å². The molecule has 1 aromatic rings. The summed E-state index contributed by atoms with van der Waals surface area (Å²) in [6.07, 6.45) is 4.03. The number of aromatic nitrogens is 1. The fourth-order valence-electron chi connectivity index (χ4n) is 1.15. The Morgan fingerprint density at radius 2 is 2.36 bits per heavy atom. The molecule has 0 spiro atoms. The van der Waals surface area contributed by atoms with Crippen molar-refractivity contribution in [2.45, 2.75) is 26.3 Å². The van der Waals surface area contributed by atoms with Gasteiger partial charge in [0.15, 0.2) is 0 Å². The molecule has 0 saturated carbocycles. The number of hydrogen-bond acceptors (Lipinski definition) is 2. The Bertz CT molecular complexity index is 221. The SMILES string of the molecule is CCCc1cccnc1CN. The van der Waals surface area contributed by atoms with E-state index in [1.807, 2.05) is 6.07 Å². The van der Waals surface area contributed by atoms with E-state index in [1.54, 1.807) is 6.20 Å². The molecule has 1 aromatic heterocycles. The van der Waals surface area contributed by atoms with Crippen LogP contribution in [0.3, 0.4) is 0 Å². The molecule has 0 bridgehead atoms. The lowest BCUT2D eigenvalue weighted by molar-refractivity contribution is 0.866. The monoisotopic (exact) mass is 150 g/mol. The van der Waals surface area contributed by atoms with Crippen LogP contribution < -0.4 is 5.73 Å². The third kappa shape index (κ3) is 2.02. The van der Waals surface area contributed by atoms with Crippen LogP contribution >= 0.6 is 0 Å². The van der Waals surface area contributed by atoms with E-state index in [0.29, 0.717) is 6.54 Å². The molecule has 0 aliphatic heterocycles. The molecule has 0 fully saturated rings. The lowest BCUT2D eigenvalue weighted by atomic mass is 10.1. The third-order valence-corrected chi connectivity index (χ3v) is 1.70. The maximum Gasteiger partial charge on any atom is 0.0571 e. The van der Waals surface area contributed by atoms with Gasteiger partial charge in [0.05, 0.1) is 5.69 Å². The number of hydrogen-bond donors (Lipinski definition) is 1. The van der Waals surface area contributed by atoms with Crippen molar-refractivity contribution in [1.82, 2.24) is 4.98 Å². The number of rotatable bonds is 3. The summed E-state index contributed by atoms with van der Waals surface area (Å²) in [7, 11) is 0. The Hall–Kier alpha value is -0.890. The third-order valence-electron chi connectivity index (χ3n) is 1.70. The van der Waals surface area contributed by atoms with Crippen molar-refractivity contribution in [3.05, 3.63) is 29.6 Å². The summed E-state index contributed by atoms with van der Waals surface area (Å²) in [4.78, 5) is 4.19. The summed E-state index contributed by atoms with van der Waals surface area (Å²) in [5.74, 6) is 0. The van der Waals surface area contributed by atoms with Gasteiger partial charge in [0, 0.05) is 12.7 Å². The van der Waals surface area contributed by atoms with E-state index in [4.69, 9.17) is 5.73 Å². The highest BCUT2D eigenvalue weighted by atomic mass is 14.7. The standard InChI is InChI=1S/C9H14N2/c1-2-4-8-5-3-6-11-9(8)7-10/h3,5-6H,2,4,7,10H2,1H3. The van der Waals surface area contributed by atoms with Crippen LogP contribution in [-0.4, -0.2) is 4.98 Å². The van der Waals surface area contributed by atoms with Gasteiger partial charge in [0.25, 0.3) is 0 Å². The molecule has 2 N–H and O–H groups in total. The molecule has 0 atom stereocenters. The van der Waals surface area contributed by atoms with Crippen molar-refractivity contribution >= 4 is 0 Å². The first-order chi connectivity index (χ1) is 5.38. The van der Waals surface area contributed by atoms with Crippen LogP contribution in [0.1, 0.15) is 24.6 Å². The van der Waals surface area contributed by atoms with Gasteiger partial charge in [-0.3, -0.25) is 4.98 Å². The molecule has 1 rings (SSSR count). The van der Waals surface area contributed by atoms with Gasteiger partial charge >= 0.3 is 0 Å². The van der Waals surface area contributed by atoms with Gasteiger partial charge in [-0.25, -0.2) is 0 Å². The Morgan fingerprint density at radius 1 is 1.55 bits per heavy atom. The van der Waals surface area contributed by atoms with E-state index in [0.717, 1.165) is 18.5 Å². The minimum Gasteiger partial charge on any atom is -0.325 e. The van der Waals surface area contributed by atoms with E-state index in [2.05, 4.69) is 18.0 Å². The van der Waals surface area contributed by atoms with Gasteiger partial charge in [-0.15, -0.1) is 0 Å². The van der Waals surface area contributed by atoms with Crippen molar-refractivity contribution in [2.24, 2.45) is 5.73 Å². The largest absolute Gasteiger partial charge is 0.325 e. The molecule has 1 heterocycles. The zero-order valence-electron chi connectivity index (χ0n) is 6.88. The number of nitrogens with zero attached hydrogens (tertiary/aromatic N) is 1. The molecular weight excluding hydrogens is 136 g/mol. The lowest BCUT2D eigenvalue weighted by Crippen LogP contribution is -2.03. The van der Waals surface area contributed by atoms with Crippen molar-refractivity contribution < 1.29 is 0 Å². The Balaban J connectivity index is 2.83. The maximum atomic E-state index is 5.52. The first kappa shape index (κ1) is 8.21. The van der Waals surface area contributed by atoms with E-state index in [1.165, 1.54) is 5.56 Å². The molecule has 11 heavy (non-hydrogen) atoms. The second-order valence-corrected chi connectivity index (χ2v) is 2.56. The molecule has 2 nitrogen and oxygen atoms in total. The summed E-state index contributed by atoms with van der Waals surface area (Å²) >= 11 is 0. The fourth-order valence-corrected chi connectivity index (χ4v) is 1.15. The minimum atomic E-state index is 0.552. The summed E-state index contributed by atoms with van der Waals surface area (Å²) in [5, 5.41) is 0. The summed E-state index contributed by atoms with van der Waals surface area (Å²) in [6.45, 7) is 2.71. The highest BCUT2D eigenvalue weighted by molar-refractivity contribution is 5.19.